The van der Waals surface area contributed by atoms with Gasteiger partial charge in [-0.15, -0.1) is 0 Å². The first-order valence-corrected chi connectivity index (χ1v) is 6.74. The summed E-state index contributed by atoms with van der Waals surface area (Å²) in [5.74, 6) is -0.0541. The first kappa shape index (κ1) is 15.6. The second kappa shape index (κ2) is 6.30. The van der Waals surface area contributed by atoms with Crippen LogP contribution < -0.4 is 5.32 Å². The average Bonchev–Trinajstić information content (AvgIpc) is 2.44. The summed E-state index contributed by atoms with van der Waals surface area (Å²) in [7, 11) is 0. The third kappa shape index (κ3) is 3.85. The quantitative estimate of drug-likeness (QED) is 0.893. The van der Waals surface area contributed by atoms with Gasteiger partial charge in [0.25, 0.3) is 0 Å². The van der Waals surface area contributed by atoms with Gasteiger partial charge in [-0.25, -0.2) is 9.97 Å². The molecule has 2 rings (SSSR count). The van der Waals surface area contributed by atoms with Gasteiger partial charge in [-0.2, -0.15) is 13.2 Å². The molecule has 112 valence electrons. The maximum Gasteiger partial charge on any atom is 0.433 e. The molecule has 0 aliphatic heterocycles. The van der Waals surface area contributed by atoms with Crippen molar-refractivity contribution in [3.8, 4) is 11.3 Å². The molecule has 0 amide bonds. The Morgan fingerprint density at radius 1 is 1.19 bits per heavy atom. The fourth-order valence-electron chi connectivity index (χ4n) is 1.72. The summed E-state index contributed by atoms with van der Waals surface area (Å²) in [6.07, 6.45) is -3.79. The Labute approximate surface area is 125 Å². The highest BCUT2D eigenvalue weighted by atomic mass is 35.5. The molecule has 1 aromatic carbocycles. The minimum Gasteiger partial charge on any atom is -0.354 e. The van der Waals surface area contributed by atoms with E-state index in [1.807, 2.05) is 6.92 Å². The molecule has 0 bridgehead atoms. The molecule has 0 aliphatic carbocycles. The largest absolute Gasteiger partial charge is 0.433 e. The van der Waals surface area contributed by atoms with Crippen LogP contribution in [-0.4, -0.2) is 16.5 Å². The van der Waals surface area contributed by atoms with Crippen molar-refractivity contribution in [2.75, 3.05) is 11.9 Å². The maximum absolute atomic E-state index is 12.9. The van der Waals surface area contributed by atoms with Crippen LogP contribution >= 0.6 is 11.6 Å². The first-order chi connectivity index (χ1) is 9.91. The van der Waals surface area contributed by atoms with Crippen LogP contribution in [0.3, 0.4) is 0 Å². The average molecular weight is 316 g/mol. The van der Waals surface area contributed by atoms with Crippen LogP contribution in [0, 0.1) is 0 Å². The minimum atomic E-state index is -4.54. The minimum absolute atomic E-state index is 0.0541. The number of nitrogens with zero attached hydrogens (tertiary/aromatic N) is 2. The molecule has 0 fully saturated rings. The normalized spacial score (nSPS) is 11.5. The summed E-state index contributed by atoms with van der Waals surface area (Å²) < 4.78 is 38.8. The zero-order chi connectivity index (χ0) is 15.5. The Bertz CT molecular complexity index is 629. The summed E-state index contributed by atoms with van der Waals surface area (Å²) in [5.41, 5.74) is -0.417. The lowest BCUT2D eigenvalue weighted by Crippen LogP contribution is -2.13. The summed E-state index contributed by atoms with van der Waals surface area (Å²) in [6, 6.07) is 7.52. The van der Waals surface area contributed by atoms with Gasteiger partial charge in [-0.1, -0.05) is 36.7 Å². The van der Waals surface area contributed by atoms with Crippen molar-refractivity contribution in [1.82, 2.24) is 9.97 Å². The summed E-state index contributed by atoms with van der Waals surface area (Å²) in [6.45, 7) is 2.39. The van der Waals surface area contributed by atoms with Gasteiger partial charge < -0.3 is 5.32 Å². The highest BCUT2D eigenvalue weighted by Gasteiger charge is 2.34. The van der Waals surface area contributed by atoms with Crippen molar-refractivity contribution in [2.45, 2.75) is 19.5 Å². The number of anilines is 1. The summed E-state index contributed by atoms with van der Waals surface area (Å²) in [4.78, 5) is 7.62. The van der Waals surface area contributed by atoms with Crippen LogP contribution in [0.25, 0.3) is 11.3 Å². The molecule has 0 atom stereocenters. The van der Waals surface area contributed by atoms with Gasteiger partial charge in [0.05, 0.1) is 5.69 Å². The van der Waals surface area contributed by atoms with Crippen molar-refractivity contribution in [3.05, 3.63) is 41.0 Å². The van der Waals surface area contributed by atoms with Crippen LogP contribution in [0.4, 0.5) is 19.1 Å². The topological polar surface area (TPSA) is 37.8 Å². The van der Waals surface area contributed by atoms with Gasteiger partial charge in [-0.05, 0) is 18.6 Å². The van der Waals surface area contributed by atoms with E-state index in [2.05, 4.69) is 15.3 Å². The Kier molecular flexibility index (Phi) is 4.67. The predicted molar refractivity (Wildman–Crippen MR) is 76.3 cm³/mol. The zero-order valence-electron chi connectivity index (χ0n) is 11.2. The van der Waals surface area contributed by atoms with Gasteiger partial charge in [0.15, 0.2) is 5.69 Å². The molecule has 0 radical (unpaired) electrons. The van der Waals surface area contributed by atoms with Crippen molar-refractivity contribution < 1.29 is 13.2 Å². The summed E-state index contributed by atoms with van der Waals surface area (Å²) >= 11 is 6.02. The fraction of sp³-hybridized carbons (Fsp3) is 0.286. The lowest BCUT2D eigenvalue weighted by Gasteiger charge is -2.12. The molecular weight excluding hydrogens is 303 g/mol. The van der Waals surface area contributed by atoms with E-state index in [-0.39, 0.29) is 11.6 Å². The van der Waals surface area contributed by atoms with E-state index in [0.717, 1.165) is 12.5 Å². The second-order valence-electron chi connectivity index (χ2n) is 4.37. The monoisotopic (exact) mass is 315 g/mol. The molecule has 21 heavy (non-hydrogen) atoms. The highest BCUT2D eigenvalue weighted by Crippen LogP contribution is 2.33. The van der Waals surface area contributed by atoms with Gasteiger partial charge in [-0.3, -0.25) is 0 Å². The molecule has 0 saturated carbocycles. The number of aromatic nitrogens is 2. The number of benzene rings is 1. The molecule has 1 heterocycles. The Balaban J connectivity index is 2.52. The molecule has 0 spiro atoms. The van der Waals surface area contributed by atoms with Gasteiger partial charge in [0.2, 0.25) is 5.95 Å². The fourth-order valence-corrected chi connectivity index (χ4v) is 1.95. The summed E-state index contributed by atoms with van der Waals surface area (Å²) in [5, 5.41) is 3.11. The smallest absolute Gasteiger partial charge is 0.354 e. The number of alkyl halides is 3. The van der Waals surface area contributed by atoms with E-state index in [4.69, 9.17) is 11.6 Å². The van der Waals surface area contributed by atoms with E-state index >= 15 is 0 Å². The zero-order valence-corrected chi connectivity index (χ0v) is 12.0. The van der Waals surface area contributed by atoms with E-state index in [0.29, 0.717) is 17.1 Å². The standard InChI is InChI=1S/C14H13ClF3N3/c1-2-7-19-13-20-11(8-12(21-13)14(16,17)18)9-5-3-4-6-10(9)15/h3-6,8H,2,7H2,1H3,(H,19,20,21). The lowest BCUT2D eigenvalue weighted by molar-refractivity contribution is -0.141. The van der Waals surface area contributed by atoms with E-state index in [1.54, 1.807) is 24.3 Å². The molecule has 0 saturated heterocycles. The molecule has 3 nitrogen and oxygen atoms in total. The third-order valence-electron chi connectivity index (χ3n) is 2.70. The molecule has 1 aromatic heterocycles. The molecule has 2 aromatic rings. The third-order valence-corrected chi connectivity index (χ3v) is 3.03. The Morgan fingerprint density at radius 2 is 1.90 bits per heavy atom. The lowest BCUT2D eigenvalue weighted by atomic mass is 10.1. The van der Waals surface area contributed by atoms with Crippen molar-refractivity contribution in [1.29, 1.82) is 0 Å². The molecule has 0 unspecified atom stereocenters. The predicted octanol–water partition coefficient (Wildman–Crippen LogP) is 4.64. The Morgan fingerprint density at radius 3 is 2.52 bits per heavy atom. The van der Waals surface area contributed by atoms with Crippen molar-refractivity contribution in [3.63, 3.8) is 0 Å². The van der Waals surface area contributed by atoms with E-state index < -0.39 is 11.9 Å². The molecular formula is C14H13ClF3N3. The SMILES string of the molecule is CCCNc1nc(-c2ccccc2Cl)cc(C(F)(F)F)n1. The van der Waals surface area contributed by atoms with Gasteiger partial charge in [0.1, 0.15) is 0 Å². The van der Waals surface area contributed by atoms with Crippen molar-refractivity contribution in [2.24, 2.45) is 0 Å². The van der Waals surface area contributed by atoms with Crippen LogP contribution in [0.2, 0.25) is 5.02 Å². The van der Waals surface area contributed by atoms with Crippen molar-refractivity contribution >= 4 is 17.5 Å². The number of rotatable bonds is 4. The highest BCUT2D eigenvalue weighted by molar-refractivity contribution is 6.33. The van der Waals surface area contributed by atoms with Crippen LogP contribution in [0.5, 0.6) is 0 Å². The van der Waals surface area contributed by atoms with Gasteiger partial charge in [0, 0.05) is 17.1 Å². The number of hydrogen-bond donors (Lipinski definition) is 1. The van der Waals surface area contributed by atoms with Crippen LogP contribution in [0.15, 0.2) is 30.3 Å². The van der Waals surface area contributed by atoms with Gasteiger partial charge >= 0.3 is 6.18 Å². The number of halogens is 4. The van der Waals surface area contributed by atoms with Crippen LogP contribution in [-0.2, 0) is 6.18 Å². The Hall–Kier alpha value is -1.82. The first-order valence-electron chi connectivity index (χ1n) is 6.37. The van der Waals surface area contributed by atoms with E-state index in [9.17, 15) is 13.2 Å². The molecule has 0 aliphatic rings. The molecule has 1 N–H and O–H groups in total. The van der Waals surface area contributed by atoms with E-state index in [1.165, 1.54) is 0 Å². The van der Waals surface area contributed by atoms with Crippen LogP contribution in [0.1, 0.15) is 19.0 Å². The molecule has 7 heteroatoms. The number of nitrogens with one attached hydrogen (secondary N) is 1. The second-order valence-corrected chi connectivity index (χ2v) is 4.77. The number of hydrogen-bond acceptors (Lipinski definition) is 3. The maximum atomic E-state index is 12.9.